The molecule has 0 aliphatic carbocycles. The first-order valence-corrected chi connectivity index (χ1v) is 5.98. The molecule has 0 saturated heterocycles. The molecule has 2 rings (SSSR count). The van der Waals surface area contributed by atoms with Crippen LogP contribution in [-0.2, 0) is 6.54 Å². The van der Waals surface area contributed by atoms with Crippen molar-refractivity contribution in [2.45, 2.75) is 19.9 Å². The molecular formula is C13H17ClN2. The fraction of sp³-hybridized carbons (Fsp3) is 0.385. The Bertz CT molecular complexity index is 412. The van der Waals surface area contributed by atoms with Crippen LogP contribution in [0.3, 0.4) is 0 Å². The van der Waals surface area contributed by atoms with Crippen LogP contribution in [0.15, 0.2) is 29.8 Å². The van der Waals surface area contributed by atoms with Crippen LogP contribution in [0.1, 0.15) is 18.9 Å². The van der Waals surface area contributed by atoms with Crippen molar-refractivity contribution >= 4 is 17.3 Å². The summed E-state index contributed by atoms with van der Waals surface area (Å²) in [7, 11) is 0. The molecule has 0 atom stereocenters. The molecule has 0 radical (unpaired) electrons. The zero-order valence-corrected chi connectivity index (χ0v) is 10.3. The Hall–Kier alpha value is -0.990. The van der Waals surface area contributed by atoms with Gasteiger partial charge in [0.15, 0.2) is 0 Å². The van der Waals surface area contributed by atoms with Crippen LogP contribution in [0.5, 0.6) is 0 Å². The Morgan fingerprint density at radius 2 is 2.25 bits per heavy atom. The average molecular weight is 237 g/mol. The molecule has 1 aromatic rings. The first-order valence-electron chi connectivity index (χ1n) is 5.60. The van der Waals surface area contributed by atoms with Gasteiger partial charge in [0, 0.05) is 35.9 Å². The van der Waals surface area contributed by atoms with E-state index in [1.807, 2.05) is 12.1 Å². The van der Waals surface area contributed by atoms with E-state index in [0.29, 0.717) is 6.54 Å². The van der Waals surface area contributed by atoms with Crippen molar-refractivity contribution in [1.82, 2.24) is 0 Å². The van der Waals surface area contributed by atoms with Gasteiger partial charge >= 0.3 is 0 Å². The van der Waals surface area contributed by atoms with E-state index in [2.05, 4.69) is 24.0 Å². The van der Waals surface area contributed by atoms with Crippen LogP contribution in [0.2, 0.25) is 5.02 Å². The number of hydrogen-bond donors (Lipinski definition) is 1. The van der Waals surface area contributed by atoms with E-state index in [9.17, 15) is 0 Å². The molecule has 16 heavy (non-hydrogen) atoms. The summed E-state index contributed by atoms with van der Waals surface area (Å²) in [6.45, 7) is 4.68. The van der Waals surface area contributed by atoms with E-state index in [1.54, 1.807) is 0 Å². The topological polar surface area (TPSA) is 29.3 Å². The van der Waals surface area contributed by atoms with Crippen LogP contribution in [0, 0.1) is 0 Å². The summed E-state index contributed by atoms with van der Waals surface area (Å²) >= 11 is 6.16. The first kappa shape index (κ1) is 11.5. The van der Waals surface area contributed by atoms with Gasteiger partial charge < -0.3 is 10.6 Å². The highest BCUT2D eigenvalue weighted by molar-refractivity contribution is 6.31. The molecule has 3 heteroatoms. The highest BCUT2D eigenvalue weighted by Gasteiger charge is 2.14. The van der Waals surface area contributed by atoms with Gasteiger partial charge in [-0.3, -0.25) is 0 Å². The molecule has 0 saturated carbocycles. The first-order chi connectivity index (χ1) is 7.72. The molecule has 1 heterocycles. The third-order valence-electron chi connectivity index (χ3n) is 3.08. The van der Waals surface area contributed by atoms with Crippen molar-refractivity contribution < 1.29 is 0 Å². The molecule has 2 nitrogen and oxygen atoms in total. The van der Waals surface area contributed by atoms with Crippen LogP contribution in [0.25, 0.3) is 0 Å². The van der Waals surface area contributed by atoms with E-state index in [-0.39, 0.29) is 0 Å². The Kier molecular flexibility index (Phi) is 3.52. The van der Waals surface area contributed by atoms with Gasteiger partial charge in [0.2, 0.25) is 0 Å². The van der Waals surface area contributed by atoms with Gasteiger partial charge in [-0.1, -0.05) is 29.3 Å². The minimum atomic E-state index is 0.494. The molecule has 0 amide bonds. The fourth-order valence-corrected chi connectivity index (χ4v) is 2.28. The second kappa shape index (κ2) is 4.89. The molecule has 0 fully saturated rings. The lowest BCUT2D eigenvalue weighted by molar-refractivity contribution is 0.781. The summed E-state index contributed by atoms with van der Waals surface area (Å²) in [5.41, 5.74) is 9.46. The largest absolute Gasteiger partial charge is 0.367 e. The van der Waals surface area contributed by atoms with Gasteiger partial charge in [-0.25, -0.2) is 0 Å². The molecule has 1 aliphatic heterocycles. The van der Waals surface area contributed by atoms with E-state index < -0.39 is 0 Å². The number of nitrogens with zero attached hydrogens (tertiary/aromatic N) is 1. The third kappa shape index (κ3) is 2.23. The Morgan fingerprint density at radius 1 is 1.44 bits per heavy atom. The van der Waals surface area contributed by atoms with Crippen molar-refractivity contribution in [3.05, 3.63) is 40.4 Å². The zero-order valence-electron chi connectivity index (χ0n) is 9.54. The summed E-state index contributed by atoms with van der Waals surface area (Å²) in [4.78, 5) is 2.33. The third-order valence-corrected chi connectivity index (χ3v) is 3.43. The predicted octanol–water partition coefficient (Wildman–Crippen LogP) is 2.96. The zero-order chi connectivity index (χ0) is 11.5. The van der Waals surface area contributed by atoms with Gasteiger partial charge in [0.25, 0.3) is 0 Å². The SMILES string of the molecule is CC1=CCN(c2cccc(Cl)c2CN)CC1. The summed E-state index contributed by atoms with van der Waals surface area (Å²) < 4.78 is 0. The monoisotopic (exact) mass is 236 g/mol. The average Bonchev–Trinajstić information content (AvgIpc) is 2.30. The Labute approximate surface area is 102 Å². The van der Waals surface area contributed by atoms with Gasteiger partial charge in [-0.2, -0.15) is 0 Å². The minimum Gasteiger partial charge on any atom is -0.367 e. The van der Waals surface area contributed by atoms with Crippen LogP contribution >= 0.6 is 11.6 Å². The molecule has 1 aromatic carbocycles. The van der Waals surface area contributed by atoms with Crippen molar-refractivity contribution in [3.63, 3.8) is 0 Å². The van der Waals surface area contributed by atoms with Gasteiger partial charge in [-0.15, -0.1) is 0 Å². The summed E-state index contributed by atoms with van der Waals surface area (Å²) in [5, 5.41) is 0.770. The maximum atomic E-state index is 6.16. The van der Waals surface area contributed by atoms with Gasteiger partial charge in [0.05, 0.1) is 0 Å². The lowest BCUT2D eigenvalue weighted by Gasteiger charge is -2.29. The number of hydrogen-bond acceptors (Lipinski definition) is 2. The molecule has 86 valence electrons. The van der Waals surface area contributed by atoms with Crippen LogP contribution in [0.4, 0.5) is 5.69 Å². The number of rotatable bonds is 2. The van der Waals surface area contributed by atoms with Crippen LogP contribution in [-0.4, -0.2) is 13.1 Å². The fourth-order valence-electron chi connectivity index (χ4n) is 2.04. The summed E-state index contributed by atoms with van der Waals surface area (Å²) in [6, 6.07) is 5.99. The number of benzene rings is 1. The number of halogens is 1. The standard InChI is InChI=1S/C13H17ClN2/c1-10-5-7-16(8-6-10)13-4-2-3-12(14)11(13)9-15/h2-5H,6-9,15H2,1H3. The molecular weight excluding hydrogens is 220 g/mol. The van der Waals surface area contributed by atoms with Crippen molar-refractivity contribution in [1.29, 1.82) is 0 Å². The molecule has 0 unspecified atom stereocenters. The van der Waals surface area contributed by atoms with E-state index in [4.69, 9.17) is 17.3 Å². The highest BCUT2D eigenvalue weighted by Crippen LogP contribution is 2.28. The van der Waals surface area contributed by atoms with Gasteiger partial charge in [-0.05, 0) is 25.5 Å². The molecule has 1 aliphatic rings. The van der Waals surface area contributed by atoms with E-state index >= 15 is 0 Å². The summed E-state index contributed by atoms with van der Waals surface area (Å²) in [5.74, 6) is 0. The smallest absolute Gasteiger partial charge is 0.0471 e. The molecule has 0 bridgehead atoms. The van der Waals surface area contributed by atoms with Crippen molar-refractivity contribution in [2.75, 3.05) is 18.0 Å². The van der Waals surface area contributed by atoms with Crippen molar-refractivity contribution in [3.8, 4) is 0 Å². The summed E-state index contributed by atoms with van der Waals surface area (Å²) in [6.07, 6.45) is 3.39. The second-order valence-corrected chi connectivity index (χ2v) is 4.60. The van der Waals surface area contributed by atoms with Gasteiger partial charge in [0.1, 0.15) is 0 Å². The Morgan fingerprint density at radius 3 is 2.88 bits per heavy atom. The maximum absolute atomic E-state index is 6.16. The lowest BCUT2D eigenvalue weighted by Crippen LogP contribution is -2.29. The molecule has 0 aromatic heterocycles. The normalized spacial score (nSPS) is 16.2. The van der Waals surface area contributed by atoms with Crippen molar-refractivity contribution in [2.24, 2.45) is 5.73 Å². The molecule has 2 N–H and O–H groups in total. The maximum Gasteiger partial charge on any atom is 0.0471 e. The second-order valence-electron chi connectivity index (χ2n) is 4.19. The number of anilines is 1. The number of nitrogens with two attached hydrogens (primary N) is 1. The van der Waals surface area contributed by atoms with Crippen LogP contribution < -0.4 is 10.6 Å². The predicted molar refractivity (Wildman–Crippen MR) is 69.9 cm³/mol. The minimum absolute atomic E-state index is 0.494. The lowest BCUT2D eigenvalue weighted by atomic mass is 10.1. The van der Waals surface area contributed by atoms with E-state index in [0.717, 1.165) is 30.1 Å². The van der Waals surface area contributed by atoms with E-state index in [1.165, 1.54) is 11.3 Å². The highest BCUT2D eigenvalue weighted by atomic mass is 35.5. The Balaban J connectivity index is 2.30. The quantitative estimate of drug-likeness (QED) is 0.800. The molecule has 0 spiro atoms.